The summed E-state index contributed by atoms with van der Waals surface area (Å²) in [5.41, 5.74) is 2.37. The molecule has 3 aromatic rings. The van der Waals surface area contributed by atoms with Gasteiger partial charge in [-0.05, 0) is 73.8 Å². The summed E-state index contributed by atoms with van der Waals surface area (Å²) in [6.07, 6.45) is 4.57. The van der Waals surface area contributed by atoms with Crippen LogP contribution in [0.5, 0.6) is 0 Å². The number of aromatic nitrogens is 1. The first-order valence-electron chi connectivity index (χ1n) is 9.18. The van der Waals surface area contributed by atoms with Crippen LogP contribution in [0.4, 0.5) is 5.82 Å². The SMILES string of the molecule is CSc1ccc2nc(NC3CCCN(Cc4cccs4)C3)cc(C)c2c1. The van der Waals surface area contributed by atoms with E-state index in [1.165, 1.54) is 40.1 Å². The van der Waals surface area contributed by atoms with Crippen molar-refractivity contribution in [2.75, 3.05) is 24.7 Å². The topological polar surface area (TPSA) is 28.2 Å². The fraction of sp³-hybridized carbons (Fsp3) is 0.381. The fourth-order valence-electron chi connectivity index (χ4n) is 3.72. The van der Waals surface area contributed by atoms with E-state index in [1.807, 2.05) is 11.3 Å². The predicted octanol–water partition coefficient (Wildman–Crippen LogP) is 5.40. The lowest BCUT2D eigenvalue weighted by atomic mass is 10.1. The number of rotatable bonds is 5. The van der Waals surface area contributed by atoms with Crippen LogP contribution < -0.4 is 5.32 Å². The van der Waals surface area contributed by atoms with E-state index in [2.05, 4.69) is 65.2 Å². The van der Waals surface area contributed by atoms with Gasteiger partial charge in [0.15, 0.2) is 0 Å². The number of anilines is 1. The number of likely N-dealkylation sites (tertiary alicyclic amines) is 1. The van der Waals surface area contributed by atoms with Crippen LogP contribution in [0.1, 0.15) is 23.3 Å². The van der Waals surface area contributed by atoms with Crippen LogP contribution >= 0.6 is 23.1 Å². The molecule has 5 heteroatoms. The lowest BCUT2D eigenvalue weighted by Gasteiger charge is -2.33. The Morgan fingerprint density at radius 3 is 3.04 bits per heavy atom. The summed E-state index contributed by atoms with van der Waals surface area (Å²) in [7, 11) is 0. The number of hydrogen-bond donors (Lipinski definition) is 1. The molecule has 3 heterocycles. The molecule has 1 fully saturated rings. The second-order valence-corrected chi connectivity index (χ2v) is 8.92. The Labute approximate surface area is 163 Å². The first kappa shape index (κ1) is 17.8. The van der Waals surface area contributed by atoms with E-state index in [-0.39, 0.29) is 0 Å². The van der Waals surface area contributed by atoms with Crippen molar-refractivity contribution in [1.29, 1.82) is 0 Å². The third-order valence-corrected chi connectivity index (χ3v) is 6.63. The Kier molecular flexibility index (Phi) is 5.48. The third kappa shape index (κ3) is 4.05. The maximum Gasteiger partial charge on any atom is 0.127 e. The molecule has 0 bridgehead atoms. The lowest BCUT2D eigenvalue weighted by Crippen LogP contribution is -2.41. The highest BCUT2D eigenvalue weighted by Crippen LogP contribution is 2.26. The Hall–Kier alpha value is -1.56. The van der Waals surface area contributed by atoms with E-state index in [0.29, 0.717) is 6.04 Å². The number of aryl methyl sites for hydroxylation is 1. The van der Waals surface area contributed by atoms with E-state index < -0.39 is 0 Å². The molecular weight excluding hydrogens is 358 g/mol. The van der Waals surface area contributed by atoms with Crippen molar-refractivity contribution >= 4 is 39.8 Å². The van der Waals surface area contributed by atoms with Crippen LogP contribution in [-0.2, 0) is 6.54 Å². The van der Waals surface area contributed by atoms with E-state index in [9.17, 15) is 0 Å². The quantitative estimate of drug-likeness (QED) is 0.597. The molecule has 136 valence electrons. The molecule has 1 unspecified atom stereocenters. The average Bonchev–Trinajstić information content (AvgIpc) is 3.15. The molecule has 1 aliphatic heterocycles. The van der Waals surface area contributed by atoms with Crippen molar-refractivity contribution in [2.24, 2.45) is 0 Å². The molecule has 1 saturated heterocycles. The minimum Gasteiger partial charge on any atom is -0.366 e. The predicted molar refractivity (Wildman–Crippen MR) is 115 cm³/mol. The molecule has 2 aromatic heterocycles. The standard InChI is InChI=1S/C21H25N3S2/c1-15-11-21(23-20-8-7-17(25-2)12-19(15)20)22-16-5-3-9-24(13-16)14-18-6-4-10-26-18/h4,6-8,10-12,16H,3,5,9,13-14H2,1-2H3,(H,22,23). The van der Waals surface area contributed by atoms with Gasteiger partial charge in [-0.25, -0.2) is 4.98 Å². The van der Waals surface area contributed by atoms with E-state index in [4.69, 9.17) is 4.98 Å². The Morgan fingerprint density at radius 2 is 2.23 bits per heavy atom. The van der Waals surface area contributed by atoms with Gasteiger partial charge in [-0.3, -0.25) is 4.90 Å². The summed E-state index contributed by atoms with van der Waals surface area (Å²) in [6, 6.07) is 13.6. The van der Waals surface area contributed by atoms with Crippen LogP contribution in [0, 0.1) is 6.92 Å². The molecule has 1 atom stereocenters. The highest BCUT2D eigenvalue weighted by Gasteiger charge is 2.20. The van der Waals surface area contributed by atoms with Crippen molar-refractivity contribution in [2.45, 2.75) is 37.2 Å². The average molecular weight is 384 g/mol. The number of thioether (sulfide) groups is 1. The molecule has 0 aliphatic carbocycles. The number of benzene rings is 1. The fourth-order valence-corrected chi connectivity index (χ4v) is 4.91. The zero-order valence-corrected chi connectivity index (χ0v) is 17.0. The maximum absolute atomic E-state index is 4.87. The van der Waals surface area contributed by atoms with Crippen LogP contribution in [0.2, 0.25) is 0 Å². The van der Waals surface area contributed by atoms with Gasteiger partial charge in [-0.1, -0.05) is 6.07 Å². The van der Waals surface area contributed by atoms with Gasteiger partial charge in [0.2, 0.25) is 0 Å². The van der Waals surface area contributed by atoms with Crippen molar-refractivity contribution < 1.29 is 0 Å². The Bertz CT molecular complexity index is 876. The van der Waals surface area contributed by atoms with Crippen LogP contribution in [0.25, 0.3) is 10.9 Å². The number of fused-ring (bicyclic) bond motifs is 1. The summed E-state index contributed by atoms with van der Waals surface area (Å²) < 4.78 is 0. The van der Waals surface area contributed by atoms with Gasteiger partial charge in [0, 0.05) is 34.3 Å². The molecular formula is C21H25N3S2. The molecule has 1 aliphatic rings. The Morgan fingerprint density at radius 1 is 1.31 bits per heavy atom. The van der Waals surface area contributed by atoms with E-state index in [1.54, 1.807) is 11.8 Å². The third-order valence-electron chi connectivity index (χ3n) is 5.04. The zero-order valence-electron chi connectivity index (χ0n) is 15.4. The van der Waals surface area contributed by atoms with Crippen LogP contribution in [-0.4, -0.2) is 35.3 Å². The van der Waals surface area contributed by atoms with Crippen molar-refractivity contribution in [1.82, 2.24) is 9.88 Å². The molecule has 26 heavy (non-hydrogen) atoms. The molecule has 3 nitrogen and oxygen atoms in total. The van der Waals surface area contributed by atoms with Crippen molar-refractivity contribution in [3.8, 4) is 0 Å². The summed E-state index contributed by atoms with van der Waals surface area (Å²) in [5.74, 6) is 1.01. The summed E-state index contributed by atoms with van der Waals surface area (Å²) >= 11 is 3.63. The van der Waals surface area contributed by atoms with Gasteiger partial charge in [0.05, 0.1) is 5.52 Å². The highest BCUT2D eigenvalue weighted by molar-refractivity contribution is 7.98. The number of nitrogens with one attached hydrogen (secondary N) is 1. The lowest BCUT2D eigenvalue weighted by molar-refractivity contribution is 0.210. The number of nitrogens with zero attached hydrogens (tertiary/aromatic N) is 2. The smallest absolute Gasteiger partial charge is 0.127 e. The number of thiophene rings is 1. The van der Waals surface area contributed by atoms with E-state index in [0.717, 1.165) is 24.4 Å². The molecule has 0 spiro atoms. The maximum atomic E-state index is 4.87. The minimum atomic E-state index is 0.471. The monoisotopic (exact) mass is 383 g/mol. The summed E-state index contributed by atoms with van der Waals surface area (Å²) in [5, 5.41) is 7.12. The number of pyridine rings is 1. The zero-order chi connectivity index (χ0) is 17.9. The largest absolute Gasteiger partial charge is 0.366 e. The molecule has 1 aromatic carbocycles. The van der Waals surface area contributed by atoms with Gasteiger partial charge >= 0.3 is 0 Å². The normalized spacial score (nSPS) is 18.3. The van der Waals surface area contributed by atoms with Gasteiger partial charge < -0.3 is 5.32 Å². The molecule has 0 saturated carbocycles. The number of hydrogen-bond acceptors (Lipinski definition) is 5. The summed E-state index contributed by atoms with van der Waals surface area (Å²) in [6.45, 7) is 5.53. The summed E-state index contributed by atoms with van der Waals surface area (Å²) in [4.78, 5) is 10.2. The molecule has 4 rings (SSSR count). The molecule has 0 amide bonds. The van der Waals surface area contributed by atoms with Crippen molar-refractivity contribution in [3.63, 3.8) is 0 Å². The first-order chi connectivity index (χ1) is 12.7. The van der Waals surface area contributed by atoms with Gasteiger partial charge in [-0.2, -0.15) is 0 Å². The highest BCUT2D eigenvalue weighted by atomic mass is 32.2. The Balaban J connectivity index is 1.47. The van der Waals surface area contributed by atoms with Crippen LogP contribution in [0.15, 0.2) is 46.7 Å². The minimum absolute atomic E-state index is 0.471. The van der Waals surface area contributed by atoms with Gasteiger partial charge in [0.25, 0.3) is 0 Å². The molecule has 1 N–H and O–H groups in total. The van der Waals surface area contributed by atoms with Crippen LogP contribution in [0.3, 0.4) is 0 Å². The van der Waals surface area contributed by atoms with E-state index >= 15 is 0 Å². The first-order valence-corrected chi connectivity index (χ1v) is 11.3. The second kappa shape index (κ2) is 7.99. The second-order valence-electron chi connectivity index (χ2n) is 7.01. The molecule has 0 radical (unpaired) electrons. The van der Waals surface area contributed by atoms with Crippen molar-refractivity contribution in [3.05, 3.63) is 52.2 Å². The van der Waals surface area contributed by atoms with Gasteiger partial charge in [-0.15, -0.1) is 23.1 Å². The van der Waals surface area contributed by atoms with Gasteiger partial charge in [0.1, 0.15) is 5.82 Å². The number of piperidine rings is 1.